The molecule has 1 aromatic carbocycles. The van der Waals surface area contributed by atoms with Crippen molar-refractivity contribution in [2.24, 2.45) is 0 Å². The smallest absolute Gasteiger partial charge is 0.342 e. The van der Waals surface area contributed by atoms with E-state index >= 15 is 0 Å². The highest BCUT2D eigenvalue weighted by atomic mass is 35.5. The Morgan fingerprint density at radius 2 is 1.83 bits per heavy atom. The van der Waals surface area contributed by atoms with Crippen molar-refractivity contribution < 1.29 is 28.5 Å². The molecular weight excluding hydrogens is 336 g/mol. The van der Waals surface area contributed by atoms with E-state index in [4.69, 9.17) is 35.3 Å². The van der Waals surface area contributed by atoms with Crippen molar-refractivity contribution in [3.8, 4) is 11.5 Å². The van der Waals surface area contributed by atoms with Gasteiger partial charge in [-0.3, -0.25) is 0 Å². The Morgan fingerprint density at radius 3 is 2.38 bits per heavy atom. The highest BCUT2D eigenvalue weighted by molar-refractivity contribution is 6.33. The molecule has 0 aliphatic heterocycles. The molecule has 1 aromatic rings. The van der Waals surface area contributed by atoms with Gasteiger partial charge in [0, 0.05) is 26.7 Å². The van der Waals surface area contributed by atoms with E-state index in [1.54, 1.807) is 19.9 Å². The number of benzene rings is 1. The lowest BCUT2D eigenvalue weighted by atomic mass is 10.1. The molecule has 0 radical (unpaired) electrons. The molecule has 0 bridgehead atoms. The summed E-state index contributed by atoms with van der Waals surface area (Å²) in [6.45, 7) is 7.08. The van der Waals surface area contributed by atoms with E-state index in [0.717, 1.165) is 0 Å². The number of rotatable bonds is 10. The van der Waals surface area contributed by atoms with Crippen LogP contribution in [0, 0.1) is 6.92 Å². The van der Waals surface area contributed by atoms with Gasteiger partial charge < -0.3 is 23.7 Å². The summed E-state index contributed by atoms with van der Waals surface area (Å²) in [6.07, 6.45) is 1.91. The second-order valence-corrected chi connectivity index (χ2v) is 5.41. The molecule has 0 fully saturated rings. The zero-order valence-electron chi connectivity index (χ0n) is 14.4. The molecule has 0 aliphatic rings. The number of ether oxygens (including phenoxy) is 5. The van der Waals surface area contributed by atoms with Crippen molar-refractivity contribution in [1.82, 2.24) is 0 Å². The fourth-order valence-electron chi connectivity index (χ4n) is 1.98. The summed E-state index contributed by atoms with van der Waals surface area (Å²) in [5.41, 5.74) is 0.727. The summed E-state index contributed by atoms with van der Waals surface area (Å²) < 4.78 is 26.1. The van der Waals surface area contributed by atoms with Crippen LogP contribution in [-0.2, 0) is 14.2 Å². The average molecular weight is 359 g/mol. The molecule has 6 nitrogen and oxygen atoms in total. The second kappa shape index (κ2) is 10.2. The van der Waals surface area contributed by atoms with Crippen molar-refractivity contribution in [3.05, 3.63) is 34.9 Å². The predicted octanol–water partition coefficient (Wildman–Crippen LogP) is 3.74. The largest absolute Gasteiger partial charge is 0.467 e. The van der Waals surface area contributed by atoms with Crippen molar-refractivity contribution in [2.75, 3.05) is 27.8 Å². The summed E-state index contributed by atoms with van der Waals surface area (Å²) in [6, 6.07) is 1.52. The quantitative estimate of drug-likeness (QED) is 0.361. The Morgan fingerprint density at radius 1 is 1.25 bits per heavy atom. The van der Waals surface area contributed by atoms with E-state index in [1.807, 2.05) is 0 Å². The van der Waals surface area contributed by atoms with Gasteiger partial charge in [-0.05, 0) is 19.4 Å². The van der Waals surface area contributed by atoms with Crippen molar-refractivity contribution in [3.63, 3.8) is 0 Å². The van der Waals surface area contributed by atoms with Crippen LogP contribution in [0.2, 0.25) is 5.02 Å². The number of halogens is 1. The van der Waals surface area contributed by atoms with Gasteiger partial charge in [-0.15, -0.1) is 6.58 Å². The first-order chi connectivity index (χ1) is 11.5. The van der Waals surface area contributed by atoms with Gasteiger partial charge in [0.1, 0.15) is 23.2 Å². The fourth-order valence-corrected chi connectivity index (χ4v) is 2.18. The minimum absolute atomic E-state index is 0.0169. The lowest BCUT2D eigenvalue weighted by Gasteiger charge is -2.18. The molecule has 0 N–H and O–H groups in total. The van der Waals surface area contributed by atoms with Gasteiger partial charge in [0.05, 0.1) is 5.02 Å². The SMILES string of the molecule is C=CCC(C)OC(=O)c1c(OCOC)cc(OCOC)c(Cl)c1C. The van der Waals surface area contributed by atoms with Gasteiger partial charge in [0.2, 0.25) is 0 Å². The van der Waals surface area contributed by atoms with Crippen LogP contribution in [0.5, 0.6) is 11.5 Å². The maximum Gasteiger partial charge on any atom is 0.342 e. The van der Waals surface area contributed by atoms with Crippen LogP contribution >= 0.6 is 11.6 Å². The van der Waals surface area contributed by atoms with Crippen molar-refractivity contribution in [1.29, 1.82) is 0 Å². The van der Waals surface area contributed by atoms with Crippen LogP contribution in [-0.4, -0.2) is 39.9 Å². The Bertz CT molecular complexity index is 573. The number of methoxy groups -OCH3 is 2. The molecule has 0 aromatic heterocycles. The Kier molecular flexibility index (Phi) is 8.60. The lowest BCUT2D eigenvalue weighted by molar-refractivity contribution is 0.0309. The summed E-state index contributed by atoms with van der Waals surface area (Å²) in [4.78, 5) is 12.5. The molecule has 7 heteroatoms. The van der Waals surface area contributed by atoms with Crippen LogP contribution in [0.15, 0.2) is 18.7 Å². The maximum absolute atomic E-state index is 12.5. The third-order valence-corrected chi connectivity index (χ3v) is 3.57. The predicted molar refractivity (Wildman–Crippen MR) is 90.9 cm³/mol. The first-order valence-electron chi connectivity index (χ1n) is 7.34. The maximum atomic E-state index is 12.5. The van der Waals surface area contributed by atoms with Gasteiger partial charge in [0.25, 0.3) is 0 Å². The molecule has 0 heterocycles. The molecule has 134 valence electrons. The fraction of sp³-hybridized carbons (Fsp3) is 0.471. The van der Waals surface area contributed by atoms with Crippen molar-refractivity contribution in [2.45, 2.75) is 26.4 Å². The molecular formula is C17H23ClO6. The molecule has 0 spiro atoms. The average Bonchev–Trinajstić information content (AvgIpc) is 2.54. The van der Waals surface area contributed by atoms with Gasteiger partial charge in [-0.25, -0.2) is 4.79 Å². The Balaban J connectivity index is 3.21. The van der Waals surface area contributed by atoms with Gasteiger partial charge >= 0.3 is 5.97 Å². The highest BCUT2D eigenvalue weighted by Crippen LogP contribution is 2.37. The van der Waals surface area contributed by atoms with Crippen LogP contribution in [0.25, 0.3) is 0 Å². The van der Waals surface area contributed by atoms with Gasteiger partial charge in [0.15, 0.2) is 13.6 Å². The number of carbonyl (C=O) groups excluding carboxylic acids is 1. The number of hydrogen-bond donors (Lipinski definition) is 0. The Labute approximate surface area is 147 Å². The topological polar surface area (TPSA) is 63.2 Å². The molecule has 0 saturated heterocycles. The van der Waals surface area contributed by atoms with Gasteiger partial charge in [-0.2, -0.15) is 0 Å². The first kappa shape index (κ1) is 20.3. The number of hydrogen-bond acceptors (Lipinski definition) is 6. The standard InChI is InChI=1S/C17H23ClO6/c1-6-7-11(2)24-17(19)15-12(3)16(18)14(23-10-21-5)8-13(15)22-9-20-4/h6,8,11H,1,7,9-10H2,2-5H3. The van der Waals surface area contributed by atoms with E-state index in [1.165, 1.54) is 20.3 Å². The summed E-state index contributed by atoms with van der Waals surface area (Å²) >= 11 is 6.29. The Hall–Kier alpha value is -1.76. The van der Waals surface area contributed by atoms with E-state index in [9.17, 15) is 4.79 Å². The number of carbonyl (C=O) groups is 1. The van der Waals surface area contributed by atoms with Crippen LogP contribution in [0.4, 0.5) is 0 Å². The van der Waals surface area contributed by atoms with E-state index in [-0.39, 0.29) is 31.0 Å². The van der Waals surface area contributed by atoms with Crippen LogP contribution < -0.4 is 9.47 Å². The molecule has 0 aliphatic carbocycles. The van der Waals surface area contributed by atoms with Crippen LogP contribution in [0.1, 0.15) is 29.3 Å². The van der Waals surface area contributed by atoms with E-state index in [2.05, 4.69) is 6.58 Å². The van der Waals surface area contributed by atoms with E-state index in [0.29, 0.717) is 22.8 Å². The third kappa shape index (κ3) is 5.40. The summed E-state index contributed by atoms with van der Waals surface area (Å²) in [5, 5.41) is 0.292. The highest BCUT2D eigenvalue weighted by Gasteiger charge is 2.24. The zero-order chi connectivity index (χ0) is 18.1. The molecule has 1 unspecified atom stereocenters. The zero-order valence-corrected chi connectivity index (χ0v) is 15.1. The minimum Gasteiger partial charge on any atom is -0.467 e. The molecule has 0 amide bonds. The minimum atomic E-state index is -0.534. The first-order valence-corrected chi connectivity index (χ1v) is 7.72. The monoisotopic (exact) mass is 358 g/mol. The molecule has 1 rings (SSSR count). The molecule has 0 saturated carbocycles. The third-order valence-electron chi connectivity index (χ3n) is 3.10. The van der Waals surface area contributed by atoms with Crippen molar-refractivity contribution >= 4 is 17.6 Å². The van der Waals surface area contributed by atoms with E-state index < -0.39 is 5.97 Å². The lowest BCUT2D eigenvalue weighted by Crippen LogP contribution is -2.17. The van der Waals surface area contributed by atoms with Gasteiger partial charge in [-0.1, -0.05) is 17.7 Å². The normalized spacial score (nSPS) is 11.7. The summed E-state index contributed by atoms with van der Waals surface area (Å²) in [5.74, 6) is 0.0756. The molecule has 1 atom stereocenters. The second-order valence-electron chi connectivity index (χ2n) is 5.03. The number of esters is 1. The van der Waals surface area contributed by atoms with Crippen LogP contribution in [0.3, 0.4) is 0 Å². The summed E-state index contributed by atoms with van der Waals surface area (Å²) in [7, 11) is 2.98. The molecule has 24 heavy (non-hydrogen) atoms.